The topological polar surface area (TPSA) is 15.3 Å². The van der Waals surface area contributed by atoms with Gasteiger partial charge in [-0.1, -0.05) is 44.5 Å². The van der Waals surface area contributed by atoms with Gasteiger partial charge in [0, 0.05) is 18.6 Å². The maximum absolute atomic E-state index is 3.73. The molecule has 0 aromatic heterocycles. The molecule has 1 aromatic rings. The molecule has 0 radical (unpaired) electrons. The highest BCUT2D eigenvalue weighted by Gasteiger charge is 2.19. The molecule has 0 saturated heterocycles. The standard InChI is InChI=1S/C19H34N2/c1-8-11-20-19(13-21(7)17(6)14(2)3)18-10-9-15(4)12-16(18)5/h9-10,12,14,17,19-20H,8,11,13H2,1-7H3. The molecule has 0 amide bonds. The monoisotopic (exact) mass is 290 g/mol. The molecule has 0 aliphatic carbocycles. The molecule has 0 aliphatic heterocycles. The van der Waals surface area contributed by atoms with Crippen LogP contribution in [0, 0.1) is 19.8 Å². The largest absolute Gasteiger partial charge is 0.309 e. The lowest BCUT2D eigenvalue weighted by atomic mass is 9.97. The molecule has 0 heterocycles. The van der Waals surface area contributed by atoms with E-state index in [1.165, 1.54) is 23.1 Å². The summed E-state index contributed by atoms with van der Waals surface area (Å²) >= 11 is 0. The quantitative estimate of drug-likeness (QED) is 0.767. The van der Waals surface area contributed by atoms with Crippen LogP contribution in [0.2, 0.25) is 0 Å². The molecule has 1 rings (SSSR count). The molecule has 1 N–H and O–H groups in total. The summed E-state index contributed by atoms with van der Waals surface area (Å²) in [5, 5.41) is 3.73. The van der Waals surface area contributed by atoms with Gasteiger partial charge >= 0.3 is 0 Å². The molecule has 0 bridgehead atoms. The molecule has 21 heavy (non-hydrogen) atoms. The minimum Gasteiger partial charge on any atom is -0.309 e. The normalized spacial score (nSPS) is 14.7. The Bertz CT molecular complexity index is 426. The van der Waals surface area contributed by atoms with Crippen LogP contribution in [0.4, 0.5) is 0 Å². The summed E-state index contributed by atoms with van der Waals surface area (Å²) < 4.78 is 0. The van der Waals surface area contributed by atoms with Gasteiger partial charge in [0.25, 0.3) is 0 Å². The Morgan fingerprint density at radius 2 is 1.81 bits per heavy atom. The minimum absolute atomic E-state index is 0.414. The van der Waals surface area contributed by atoms with Crippen molar-refractivity contribution in [2.75, 3.05) is 20.1 Å². The van der Waals surface area contributed by atoms with Crippen molar-refractivity contribution in [2.24, 2.45) is 5.92 Å². The van der Waals surface area contributed by atoms with Crippen LogP contribution in [-0.2, 0) is 0 Å². The number of benzene rings is 1. The number of aryl methyl sites for hydroxylation is 2. The van der Waals surface area contributed by atoms with Crippen molar-refractivity contribution in [1.82, 2.24) is 10.2 Å². The van der Waals surface area contributed by atoms with E-state index < -0.39 is 0 Å². The molecule has 2 unspecified atom stereocenters. The lowest BCUT2D eigenvalue weighted by Gasteiger charge is -2.32. The van der Waals surface area contributed by atoms with Gasteiger partial charge < -0.3 is 10.2 Å². The number of rotatable bonds is 8. The zero-order chi connectivity index (χ0) is 16.0. The average molecular weight is 290 g/mol. The van der Waals surface area contributed by atoms with Gasteiger partial charge in [-0.3, -0.25) is 0 Å². The molecule has 0 fully saturated rings. The van der Waals surface area contributed by atoms with Crippen LogP contribution in [0.3, 0.4) is 0 Å². The first-order chi connectivity index (χ1) is 9.86. The second kappa shape index (κ2) is 8.55. The van der Waals surface area contributed by atoms with Crippen LogP contribution in [0.1, 0.15) is 56.8 Å². The maximum Gasteiger partial charge on any atom is 0.0451 e. The molecule has 1 aromatic carbocycles. The van der Waals surface area contributed by atoms with E-state index in [0.717, 1.165) is 13.1 Å². The van der Waals surface area contributed by atoms with E-state index in [2.05, 4.69) is 77.0 Å². The summed E-state index contributed by atoms with van der Waals surface area (Å²) in [6.45, 7) is 15.7. The van der Waals surface area contributed by atoms with E-state index in [0.29, 0.717) is 18.0 Å². The summed E-state index contributed by atoms with van der Waals surface area (Å²) in [5.74, 6) is 0.681. The van der Waals surface area contributed by atoms with Gasteiger partial charge in [-0.05, 0) is 57.8 Å². The Kier molecular flexibility index (Phi) is 7.41. The Balaban J connectivity index is 2.89. The van der Waals surface area contributed by atoms with Crippen molar-refractivity contribution in [2.45, 2.75) is 60.0 Å². The molecular formula is C19H34N2. The van der Waals surface area contributed by atoms with Gasteiger partial charge in [-0.2, -0.15) is 0 Å². The van der Waals surface area contributed by atoms with E-state index in [1.807, 2.05) is 0 Å². The molecule has 0 spiro atoms. The molecule has 120 valence electrons. The van der Waals surface area contributed by atoms with Gasteiger partial charge in [0.2, 0.25) is 0 Å². The third-order valence-electron chi connectivity index (χ3n) is 4.57. The highest BCUT2D eigenvalue weighted by Crippen LogP contribution is 2.21. The van der Waals surface area contributed by atoms with Gasteiger partial charge in [0.15, 0.2) is 0 Å². The SMILES string of the molecule is CCCNC(CN(C)C(C)C(C)C)c1ccc(C)cc1C. The summed E-state index contributed by atoms with van der Waals surface area (Å²) in [6, 6.07) is 7.83. The predicted molar refractivity (Wildman–Crippen MR) is 93.9 cm³/mol. The zero-order valence-corrected chi connectivity index (χ0v) is 15.0. The minimum atomic E-state index is 0.414. The fourth-order valence-electron chi connectivity index (χ4n) is 2.77. The number of nitrogens with zero attached hydrogens (tertiary/aromatic N) is 1. The second-order valence-corrected chi connectivity index (χ2v) is 6.79. The van der Waals surface area contributed by atoms with E-state index in [4.69, 9.17) is 0 Å². The first-order valence-electron chi connectivity index (χ1n) is 8.37. The summed E-state index contributed by atoms with van der Waals surface area (Å²) in [6.07, 6.45) is 1.17. The van der Waals surface area contributed by atoms with Gasteiger partial charge in [0.05, 0.1) is 0 Å². The fourth-order valence-corrected chi connectivity index (χ4v) is 2.77. The molecule has 0 aliphatic rings. The van der Waals surface area contributed by atoms with Crippen molar-refractivity contribution < 1.29 is 0 Å². The lowest BCUT2D eigenvalue weighted by Crippen LogP contribution is -2.40. The van der Waals surface area contributed by atoms with E-state index in [-0.39, 0.29) is 0 Å². The highest BCUT2D eigenvalue weighted by atomic mass is 15.2. The first kappa shape index (κ1) is 18.2. The first-order valence-corrected chi connectivity index (χ1v) is 8.37. The Morgan fingerprint density at radius 3 is 2.33 bits per heavy atom. The number of nitrogens with one attached hydrogen (secondary N) is 1. The van der Waals surface area contributed by atoms with Crippen molar-refractivity contribution >= 4 is 0 Å². The Hall–Kier alpha value is -0.860. The number of hydrogen-bond donors (Lipinski definition) is 1. The van der Waals surface area contributed by atoms with Gasteiger partial charge in [-0.25, -0.2) is 0 Å². The fraction of sp³-hybridized carbons (Fsp3) is 0.684. The van der Waals surface area contributed by atoms with Crippen molar-refractivity contribution in [3.05, 3.63) is 34.9 Å². The van der Waals surface area contributed by atoms with Crippen LogP contribution < -0.4 is 5.32 Å². The van der Waals surface area contributed by atoms with Crippen LogP contribution in [0.5, 0.6) is 0 Å². The van der Waals surface area contributed by atoms with Crippen LogP contribution in [-0.4, -0.2) is 31.1 Å². The van der Waals surface area contributed by atoms with Crippen LogP contribution in [0.15, 0.2) is 18.2 Å². The summed E-state index contributed by atoms with van der Waals surface area (Å²) in [5.41, 5.74) is 4.18. The van der Waals surface area contributed by atoms with E-state index >= 15 is 0 Å². The van der Waals surface area contributed by atoms with E-state index in [1.54, 1.807) is 0 Å². The lowest BCUT2D eigenvalue weighted by molar-refractivity contribution is 0.188. The van der Waals surface area contributed by atoms with Gasteiger partial charge in [-0.15, -0.1) is 0 Å². The molecule has 2 nitrogen and oxygen atoms in total. The molecular weight excluding hydrogens is 256 g/mol. The number of hydrogen-bond acceptors (Lipinski definition) is 2. The molecule has 0 saturated carbocycles. The number of likely N-dealkylation sites (N-methyl/N-ethyl adjacent to an activating group) is 1. The predicted octanol–water partition coefficient (Wildman–Crippen LogP) is 4.32. The van der Waals surface area contributed by atoms with Crippen LogP contribution >= 0.6 is 0 Å². The van der Waals surface area contributed by atoms with Crippen molar-refractivity contribution in [1.29, 1.82) is 0 Å². The van der Waals surface area contributed by atoms with Crippen LogP contribution in [0.25, 0.3) is 0 Å². The summed E-state index contributed by atoms with van der Waals surface area (Å²) in [7, 11) is 2.24. The second-order valence-electron chi connectivity index (χ2n) is 6.79. The molecule has 2 atom stereocenters. The third kappa shape index (κ3) is 5.44. The van der Waals surface area contributed by atoms with E-state index in [9.17, 15) is 0 Å². The zero-order valence-electron chi connectivity index (χ0n) is 15.0. The van der Waals surface area contributed by atoms with Gasteiger partial charge in [0.1, 0.15) is 0 Å². The third-order valence-corrected chi connectivity index (χ3v) is 4.57. The summed E-state index contributed by atoms with van der Waals surface area (Å²) in [4.78, 5) is 2.48. The molecule has 2 heteroatoms. The maximum atomic E-state index is 3.73. The Labute approximate surface area is 131 Å². The van der Waals surface area contributed by atoms with Crippen molar-refractivity contribution in [3.63, 3.8) is 0 Å². The smallest absolute Gasteiger partial charge is 0.0451 e. The average Bonchev–Trinajstić information content (AvgIpc) is 2.42. The highest BCUT2D eigenvalue weighted by molar-refractivity contribution is 5.33. The Morgan fingerprint density at radius 1 is 1.14 bits per heavy atom. The van der Waals surface area contributed by atoms with Crippen molar-refractivity contribution in [3.8, 4) is 0 Å².